The lowest BCUT2D eigenvalue weighted by atomic mass is 9.77. The van der Waals surface area contributed by atoms with Gasteiger partial charge in [0, 0.05) is 54.8 Å². The summed E-state index contributed by atoms with van der Waals surface area (Å²) in [5.74, 6) is 0. The minimum absolute atomic E-state index is 0.340. The Labute approximate surface area is 416 Å². The Bertz CT molecular complexity index is 4370. The molecule has 12 aromatic rings. The van der Waals surface area contributed by atoms with Crippen molar-refractivity contribution in [3.63, 3.8) is 0 Å². The van der Waals surface area contributed by atoms with E-state index in [1.165, 1.54) is 49.9 Å². The van der Waals surface area contributed by atoms with E-state index in [9.17, 15) is 10.5 Å². The lowest BCUT2D eigenvalue weighted by Crippen LogP contribution is -2.20. The molecule has 10 aromatic carbocycles. The normalized spacial score (nSPS) is 13.8. The highest BCUT2D eigenvalue weighted by Gasteiger charge is 2.43. The third-order valence-corrected chi connectivity index (χ3v) is 15.7. The van der Waals surface area contributed by atoms with E-state index in [1.807, 2.05) is 72.8 Å². The molecule has 6 nitrogen and oxygen atoms in total. The van der Waals surface area contributed by atoms with Crippen LogP contribution in [0.25, 0.3) is 76.9 Å². The van der Waals surface area contributed by atoms with Crippen LogP contribution in [0.3, 0.4) is 0 Å². The van der Waals surface area contributed by atoms with Crippen molar-refractivity contribution < 1.29 is 8.83 Å². The Kier molecular flexibility index (Phi) is 8.71. The Hall–Kier alpha value is -9.36. The monoisotopic (exact) mass is 924 g/mol. The van der Waals surface area contributed by atoms with Gasteiger partial charge >= 0.3 is 0 Å². The molecule has 0 unspecified atom stereocenters. The molecule has 0 saturated carbocycles. The highest BCUT2D eigenvalue weighted by Crippen LogP contribution is 2.60. The van der Waals surface area contributed by atoms with Gasteiger partial charge in [0.1, 0.15) is 11.2 Å². The van der Waals surface area contributed by atoms with Gasteiger partial charge in [0.2, 0.25) is 0 Å². The Morgan fingerprint density at radius 3 is 1.43 bits per heavy atom. The van der Waals surface area contributed by atoms with Gasteiger partial charge in [-0.3, -0.25) is 0 Å². The van der Waals surface area contributed by atoms with Crippen LogP contribution < -0.4 is 9.80 Å². The summed E-state index contributed by atoms with van der Waals surface area (Å²) >= 11 is 0. The summed E-state index contributed by atoms with van der Waals surface area (Å²) in [5, 5.41) is 26.2. The fourth-order valence-electron chi connectivity index (χ4n) is 12.1. The van der Waals surface area contributed by atoms with E-state index < -0.39 is 0 Å². The highest BCUT2D eigenvalue weighted by molar-refractivity contribution is 6.15. The molecule has 0 atom stereocenters. The van der Waals surface area contributed by atoms with Crippen LogP contribution in [0.2, 0.25) is 0 Å². The number of benzene rings is 10. The molecule has 0 bridgehead atoms. The molecule has 2 aliphatic carbocycles. The molecule has 0 spiro atoms. The van der Waals surface area contributed by atoms with Crippen molar-refractivity contribution in [1.29, 1.82) is 10.5 Å². The third kappa shape index (κ3) is 5.81. The maximum absolute atomic E-state index is 9.86. The van der Waals surface area contributed by atoms with E-state index in [0.717, 1.165) is 83.4 Å². The number of anilines is 6. The van der Waals surface area contributed by atoms with E-state index in [0.29, 0.717) is 11.1 Å². The first-order valence-corrected chi connectivity index (χ1v) is 24.4. The second-order valence-electron chi connectivity index (χ2n) is 20.3. The van der Waals surface area contributed by atoms with E-state index in [2.05, 4.69) is 171 Å². The fourth-order valence-corrected chi connectivity index (χ4v) is 12.1. The largest absolute Gasteiger partial charge is 0.454 e. The first-order valence-electron chi connectivity index (χ1n) is 24.4. The van der Waals surface area contributed by atoms with Crippen molar-refractivity contribution in [3.8, 4) is 34.4 Å². The van der Waals surface area contributed by atoms with Gasteiger partial charge in [-0.05, 0) is 147 Å². The van der Waals surface area contributed by atoms with Gasteiger partial charge in [0.05, 0.1) is 40.3 Å². The minimum Gasteiger partial charge on any atom is -0.454 e. The molecule has 72 heavy (non-hydrogen) atoms. The molecular weight excluding hydrogens is 881 g/mol. The third-order valence-electron chi connectivity index (χ3n) is 15.7. The molecule has 0 amide bonds. The van der Waals surface area contributed by atoms with Crippen molar-refractivity contribution in [2.24, 2.45) is 0 Å². The summed E-state index contributed by atoms with van der Waals surface area (Å²) in [6.45, 7) is 9.46. The Morgan fingerprint density at radius 2 is 0.833 bits per heavy atom. The van der Waals surface area contributed by atoms with Crippen LogP contribution in [-0.2, 0) is 10.8 Å². The zero-order valence-corrected chi connectivity index (χ0v) is 40.1. The molecule has 2 aromatic heterocycles. The molecule has 0 radical (unpaired) electrons. The predicted molar refractivity (Wildman–Crippen MR) is 292 cm³/mol. The fraction of sp³-hybridized carbons (Fsp3) is 0.0909. The molecule has 0 saturated heterocycles. The van der Waals surface area contributed by atoms with E-state index in [-0.39, 0.29) is 10.8 Å². The summed E-state index contributed by atoms with van der Waals surface area (Å²) in [6.07, 6.45) is 0. The van der Waals surface area contributed by atoms with Gasteiger partial charge in [-0.1, -0.05) is 125 Å². The SMILES string of the molecule is CC1(C)c2cc(N(c3ccc(C#N)cc3)c3cccc4c3oc3ccccc34)ccc2-c2cc3c(cc21)C(C)(C)c1cc(N(c2ccc(C#N)cc2)c2cccc4c2oc2ccccc24)c2ccccc2c1-3. The van der Waals surface area contributed by atoms with Crippen LogP contribution in [0.5, 0.6) is 0 Å². The summed E-state index contributed by atoms with van der Waals surface area (Å²) in [4.78, 5) is 4.59. The van der Waals surface area contributed by atoms with E-state index in [1.54, 1.807) is 0 Å². The second-order valence-corrected chi connectivity index (χ2v) is 20.3. The van der Waals surface area contributed by atoms with Crippen LogP contribution in [0.15, 0.2) is 203 Å². The molecule has 2 heterocycles. The maximum Gasteiger partial charge on any atom is 0.159 e. The van der Waals surface area contributed by atoms with E-state index >= 15 is 0 Å². The first kappa shape index (κ1) is 41.6. The molecular formula is C66H44N4O2. The summed E-state index contributed by atoms with van der Waals surface area (Å²) in [6, 6.07) is 72.5. The van der Waals surface area contributed by atoms with Gasteiger partial charge in [-0.25, -0.2) is 0 Å². The lowest BCUT2D eigenvalue weighted by molar-refractivity contribution is 0.639. The Balaban J connectivity index is 0.949. The van der Waals surface area contributed by atoms with E-state index in [4.69, 9.17) is 8.83 Å². The first-order chi connectivity index (χ1) is 35.1. The van der Waals surface area contributed by atoms with Crippen LogP contribution in [0.4, 0.5) is 34.1 Å². The van der Waals surface area contributed by atoms with Gasteiger partial charge in [-0.15, -0.1) is 0 Å². The lowest BCUT2D eigenvalue weighted by Gasteiger charge is -2.30. The Morgan fingerprint density at radius 1 is 0.361 bits per heavy atom. The average molecular weight is 925 g/mol. The van der Waals surface area contributed by atoms with Crippen LogP contribution >= 0.6 is 0 Å². The summed E-state index contributed by atoms with van der Waals surface area (Å²) in [7, 11) is 0. The molecule has 0 aliphatic heterocycles. The number of hydrogen-bond acceptors (Lipinski definition) is 6. The number of nitrogens with zero attached hydrogens (tertiary/aromatic N) is 4. The zero-order valence-electron chi connectivity index (χ0n) is 40.1. The topological polar surface area (TPSA) is 80.3 Å². The summed E-state index contributed by atoms with van der Waals surface area (Å²) < 4.78 is 13.4. The van der Waals surface area contributed by atoms with Crippen molar-refractivity contribution in [2.75, 3.05) is 9.80 Å². The number of fused-ring (bicyclic) bond motifs is 14. The molecule has 2 aliphatic rings. The van der Waals surface area contributed by atoms with Gasteiger partial charge < -0.3 is 18.6 Å². The minimum atomic E-state index is -0.367. The summed E-state index contributed by atoms with van der Waals surface area (Å²) in [5.41, 5.74) is 19.7. The van der Waals surface area contributed by atoms with Crippen LogP contribution in [0.1, 0.15) is 61.1 Å². The van der Waals surface area contributed by atoms with Gasteiger partial charge in [0.25, 0.3) is 0 Å². The highest BCUT2D eigenvalue weighted by atomic mass is 16.3. The number of para-hydroxylation sites is 4. The van der Waals surface area contributed by atoms with Crippen molar-refractivity contribution >= 4 is 88.8 Å². The van der Waals surface area contributed by atoms with Gasteiger partial charge in [-0.2, -0.15) is 10.5 Å². The maximum atomic E-state index is 9.86. The van der Waals surface area contributed by atoms with Crippen LogP contribution in [-0.4, -0.2) is 0 Å². The number of furan rings is 2. The van der Waals surface area contributed by atoms with Gasteiger partial charge in [0.15, 0.2) is 11.2 Å². The molecule has 0 fully saturated rings. The predicted octanol–water partition coefficient (Wildman–Crippen LogP) is 17.9. The second kappa shape index (κ2) is 15.1. The smallest absolute Gasteiger partial charge is 0.159 e. The number of rotatable bonds is 6. The molecule has 6 heteroatoms. The van der Waals surface area contributed by atoms with Crippen molar-refractivity contribution in [1.82, 2.24) is 0 Å². The number of hydrogen-bond donors (Lipinski definition) is 0. The molecule has 0 N–H and O–H groups in total. The molecule has 14 rings (SSSR count). The standard InChI is InChI=1S/C66H44N4O2/c1-65(2)53-33-43(69(41-27-23-39(37-67)24-28-41)57-19-11-17-49-46-14-7-9-21-60(46)71-63(49)57)31-32-44(53)51-34-52-55(35-54(51)65)66(3,4)56-36-59(45-13-5-6-16-48(45)62(52)56)70(42-29-25-40(38-68)26-30-42)58-20-12-18-50-47-15-8-10-22-61(47)72-64(50)58/h5-36H,1-4H3. The van der Waals surface area contributed by atoms with Crippen molar-refractivity contribution in [2.45, 2.75) is 38.5 Å². The van der Waals surface area contributed by atoms with Crippen LogP contribution in [0, 0.1) is 22.7 Å². The quantitative estimate of drug-likeness (QED) is 0.165. The van der Waals surface area contributed by atoms with Crippen molar-refractivity contribution in [3.05, 3.63) is 228 Å². The number of nitriles is 2. The average Bonchev–Trinajstić information content (AvgIpc) is 4.12. The zero-order chi connectivity index (χ0) is 48.6. The molecule has 340 valence electrons.